The minimum Gasteiger partial charge on any atom is -0.495 e. The summed E-state index contributed by atoms with van der Waals surface area (Å²) < 4.78 is 5.15. The summed E-state index contributed by atoms with van der Waals surface area (Å²) in [5.74, 6) is 0.993. The lowest BCUT2D eigenvalue weighted by atomic mass is 9.96. The molecular weight excluding hydrogens is 298 g/mol. The van der Waals surface area contributed by atoms with Crippen molar-refractivity contribution in [3.8, 4) is 5.75 Å². The number of hydrogen-bond acceptors (Lipinski definition) is 3. The van der Waals surface area contributed by atoms with Crippen LogP contribution in [0, 0.1) is 0 Å². The van der Waals surface area contributed by atoms with E-state index in [2.05, 4.69) is 17.4 Å². The predicted molar refractivity (Wildman–Crippen MR) is 90.6 cm³/mol. The van der Waals surface area contributed by atoms with Gasteiger partial charge < -0.3 is 15.2 Å². The number of aliphatic hydroxyl groups is 1. The van der Waals surface area contributed by atoms with Gasteiger partial charge in [-0.15, -0.1) is 0 Å². The summed E-state index contributed by atoms with van der Waals surface area (Å²) in [5.41, 5.74) is 2.36. The Morgan fingerprint density at radius 2 is 1.95 bits per heavy atom. The standard InChI is InChI=1S/C18H22ClNO2/c1-22-18-8-7-14(11-17(18)19)12-20-13-16(9-10-21)15-5-3-2-4-6-15/h2-8,11,16,20-21H,9-10,12-13H2,1H3. The molecule has 0 bridgehead atoms. The SMILES string of the molecule is COc1ccc(CNCC(CCO)c2ccccc2)cc1Cl. The van der Waals surface area contributed by atoms with E-state index in [0.717, 1.165) is 25.1 Å². The topological polar surface area (TPSA) is 41.5 Å². The zero-order valence-electron chi connectivity index (χ0n) is 12.8. The van der Waals surface area contributed by atoms with Gasteiger partial charge in [-0.2, -0.15) is 0 Å². The van der Waals surface area contributed by atoms with Gasteiger partial charge in [0.05, 0.1) is 12.1 Å². The quantitative estimate of drug-likeness (QED) is 0.781. The number of halogens is 1. The number of rotatable bonds is 8. The maximum absolute atomic E-state index is 9.25. The monoisotopic (exact) mass is 319 g/mol. The van der Waals surface area contributed by atoms with E-state index in [9.17, 15) is 5.11 Å². The number of ether oxygens (including phenoxy) is 1. The minimum absolute atomic E-state index is 0.190. The van der Waals surface area contributed by atoms with E-state index < -0.39 is 0 Å². The van der Waals surface area contributed by atoms with Gasteiger partial charge in [-0.25, -0.2) is 0 Å². The van der Waals surface area contributed by atoms with E-state index in [1.807, 2.05) is 36.4 Å². The highest BCUT2D eigenvalue weighted by Gasteiger charge is 2.10. The highest BCUT2D eigenvalue weighted by molar-refractivity contribution is 6.32. The van der Waals surface area contributed by atoms with Crippen molar-refractivity contribution >= 4 is 11.6 Å². The van der Waals surface area contributed by atoms with E-state index >= 15 is 0 Å². The van der Waals surface area contributed by atoms with Gasteiger partial charge in [0.1, 0.15) is 5.75 Å². The van der Waals surface area contributed by atoms with Crippen LogP contribution in [0.5, 0.6) is 5.75 Å². The molecule has 0 aliphatic rings. The summed E-state index contributed by atoms with van der Waals surface area (Å²) in [6.07, 6.45) is 0.750. The zero-order valence-corrected chi connectivity index (χ0v) is 13.5. The molecule has 22 heavy (non-hydrogen) atoms. The molecule has 118 valence electrons. The lowest BCUT2D eigenvalue weighted by Crippen LogP contribution is -2.22. The first-order chi connectivity index (χ1) is 10.7. The predicted octanol–water partition coefficient (Wildman–Crippen LogP) is 3.60. The van der Waals surface area contributed by atoms with Crippen LogP contribution in [0.2, 0.25) is 5.02 Å². The number of hydrogen-bond donors (Lipinski definition) is 2. The molecule has 2 aromatic rings. The van der Waals surface area contributed by atoms with Gasteiger partial charge in [0, 0.05) is 19.7 Å². The van der Waals surface area contributed by atoms with Crippen LogP contribution in [0.15, 0.2) is 48.5 Å². The summed E-state index contributed by atoms with van der Waals surface area (Å²) in [6.45, 7) is 1.74. The molecule has 0 radical (unpaired) electrons. The molecule has 1 atom stereocenters. The first kappa shape index (κ1) is 16.8. The zero-order chi connectivity index (χ0) is 15.8. The molecule has 0 aromatic heterocycles. The first-order valence-corrected chi connectivity index (χ1v) is 7.81. The normalized spacial score (nSPS) is 12.1. The van der Waals surface area contributed by atoms with Gasteiger partial charge in [0.2, 0.25) is 0 Å². The Labute approximate surface area is 136 Å². The Hall–Kier alpha value is -1.55. The maximum atomic E-state index is 9.25. The molecule has 2 rings (SSSR count). The van der Waals surface area contributed by atoms with Crippen molar-refractivity contribution < 1.29 is 9.84 Å². The molecule has 2 N–H and O–H groups in total. The van der Waals surface area contributed by atoms with Crippen molar-refractivity contribution in [2.75, 3.05) is 20.3 Å². The molecule has 0 spiro atoms. The Morgan fingerprint density at radius 1 is 1.18 bits per heavy atom. The lowest BCUT2D eigenvalue weighted by Gasteiger charge is -2.17. The molecular formula is C18H22ClNO2. The molecule has 0 aliphatic heterocycles. The van der Waals surface area contributed by atoms with Gasteiger partial charge in [-0.1, -0.05) is 48.0 Å². The molecule has 4 heteroatoms. The summed E-state index contributed by atoms with van der Waals surface area (Å²) in [5, 5.41) is 13.3. The summed E-state index contributed by atoms with van der Waals surface area (Å²) in [4.78, 5) is 0. The molecule has 0 amide bonds. The third-order valence-electron chi connectivity index (χ3n) is 3.68. The van der Waals surface area contributed by atoms with Crippen molar-refractivity contribution in [3.05, 3.63) is 64.7 Å². The highest BCUT2D eigenvalue weighted by atomic mass is 35.5. The van der Waals surface area contributed by atoms with E-state index in [-0.39, 0.29) is 6.61 Å². The van der Waals surface area contributed by atoms with Gasteiger partial charge in [-0.05, 0) is 35.6 Å². The Morgan fingerprint density at radius 3 is 2.59 bits per heavy atom. The molecule has 0 saturated heterocycles. The molecule has 1 unspecified atom stereocenters. The second-order valence-electron chi connectivity index (χ2n) is 5.22. The largest absolute Gasteiger partial charge is 0.495 e. The van der Waals surface area contributed by atoms with Gasteiger partial charge in [0.25, 0.3) is 0 Å². The summed E-state index contributed by atoms with van der Waals surface area (Å²) >= 11 is 6.13. The smallest absolute Gasteiger partial charge is 0.137 e. The van der Waals surface area contributed by atoms with E-state index in [4.69, 9.17) is 16.3 Å². The van der Waals surface area contributed by atoms with Crippen LogP contribution in [0.3, 0.4) is 0 Å². The fourth-order valence-electron chi connectivity index (χ4n) is 2.48. The van der Waals surface area contributed by atoms with E-state index in [0.29, 0.717) is 16.7 Å². The van der Waals surface area contributed by atoms with Crippen LogP contribution < -0.4 is 10.1 Å². The molecule has 0 fully saturated rings. The van der Waals surface area contributed by atoms with E-state index in [1.165, 1.54) is 5.56 Å². The highest BCUT2D eigenvalue weighted by Crippen LogP contribution is 2.25. The lowest BCUT2D eigenvalue weighted by molar-refractivity contribution is 0.273. The second-order valence-corrected chi connectivity index (χ2v) is 5.63. The maximum Gasteiger partial charge on any atom is 0.137 e. The fourth-order valence-corrected chi connectivity index (χ4v) is 2.76. The van der Waals surface area contributed by atoms with Crippen molar-refractivity contribution in [2.24, 2.45) is 0 Å². The molecule has 0 saturated carbocycles. The van der Waals surface area contributed by atoms with Gasteiger partial charge in [0.15, 0.2) is 0 Å². The van der Waals surface area contributed by atoms with Crippen molar-refractivity contribution in [1.82, 2.24) is 5.32 Å². The molecule has 2 aromatic carbocycles. The van der Waals surface area contributed by atoms with Crippen LogP contribution in [0.25, 0.3) is 0 Å². The Kier molecular flexibility index (Phi) is 6.72. The van der Waals surface area contributed by atoms with Crippen molar-refractivity contribution in [2.45, 2.75) is 18.9 Å². The molecule has 3 nitrogen and oxygen atoms in total. The first-order valence-electron chi connectivity index (χ1n) is 7.43. The summed E-state index contributed by atoms with van der Waals surface area (Å²) in [7, 11) is 1.61. The fraction of sp³-hybridized carbons (Fsp3) is 0.333. The van der Waals surface area contributed by atoms with Crippen LogP contribution in [0.1, 0.15) is 23.5 Å². The van der Waals surface area contributed by atoms with Crippen LogP contribution in [-0.2, 0) is 6.54 Å². The van der Waals surface area contributed by atoms with Crippen LogP contribution in [-0.4, -0.2) is 25.4 Å². The third kappa shape index (κ3) is 4.73. The van der Waals surface area contributed by atoms with Crippen molar-refractivity contribution in [3.63, 3.8) is 0 Å². The number of aliphatic hydroxyl groups excluding tert-OH is 1. The minimum atomic E-state index is 0.190. The van der Waals surface area contributed by atoms with Crippen LogP contribution >= 0.6 is 11.6 Å². The average molecular weight is 320 g/mol. The second kappa shape index (κ2) is 8.79. The van der Waals surface area contributed by atoms with Gasteiger partial charge in [-0.3, -0.25) is 0 Å². The molecule has 0 heterocycles. The molecule has 0 aliphatic carbocycles. The van der Waals surface area contributed by atoms with Crippen molar-refractivity contribution in [1.29, 1.82) is 0 Å². The van der Waals surface area contributed by atoms with Gasteiger partial charge >= 0.3 is 0 Å². The number of nitrogens with one attached hydrogen (secondary N) is 1. The summed E-state index contributed by atoms with van der Waals surface area (Å²) in [6, 6.07) is 16.1. The Balaban J connectivity index is 1.92. The third-order valence-corrected chi connectivity index (χ3v) is 3.98. The van der Waals surface area contributed by atoms with E-state index in [1.54, 1.807) is 7.11 Å². The Bertz CT molecular complexity index is 575. The number of benzene rings is 2. The average Bonchev–Trinajstić information content (AvgIpc) is 2.55. The number of methoxy groups -OCH3 is 1. The van der Waals surface area contributed by atoms with Crippen LogP contribution in [0.4, 0.5) is 0 Å².